The minimum atomic E-state index is -1.89. The van der Waals surface area contributed by atoms with Crippen molar-refractivity contribution < 1.29 is 4.20 Å². The predicted molar refractivity (Wildman–Crippen MR) is 25.8 cm³/mol. The van der Waals surface area contributed by atoms with E-state index in [1.807, 2.05) is 0 Å². The van der Waals surface area contributed by atoms with Gasteiger partial charge in [0.15, 0.2) is 7.57 Å². The zero-order valence-corrected chi connectivity index (χ0v) is 4.72. The highest BCUT2D eigenvalue weighted by Crippen LogP contribution is 2.47. The Morgan fingerprint density at radius 1 is 1.20 bits per heavy atom. The third-order valence-corrected chi connectivity index (χ3v) is 0. The Bertz CT molecular complexity index is 22.4. The van der Waals surface area contributed by atoms with Gasteiger partial charge in [-0.1, -0.05) is 4.20 Å². The molecule has 0 saturated heterocycles. The molecule has 0 aromatic rings. The zero-order valence-electron chi connectivity index (χ0n) is 3.83. The van der Waals surface area contributed by atoms with Crippen molar-refractivity contribution in [1.82, 2.24) is 0 Å². The molecule has 0 amide bonds. The van der Waals surface area contributed by atoms with E-state index in [4.69, 9.17) is 0 Å². The summed E-state index contributed by atoms with van der Waals surface area (Å²) >= 11 is 0. The van der Waals surface area contributed by atoms with Gasteiger partial charge < -0.3 is 0 Å². The SMILES string of the molecule is C[P+](C)(C)F. The molecular weight excluding hydrogens is 86.0 g/mol. The Morgan fingerprint density at radius 2 is 1.20 bits per heavy atom. The van der Waals surface area contributed by atoms with Crippen LogP contribution in [0.5, 0.6) is 0 Å². The molecule has 2 heteroatoms. The van der Waals surface area contributed by atoms with E-state index in [0.29, 0.717) is 0 Å². The molecule has 0 radical (unpaired) electrons. The lowest BCUT2D eigenvalue weighted by Crippen LogP contribution is -1.67. The van der Waals surface area contributed by atoms with Crippen LogP contribution in [-0.2, 0) is 0 Å². The normalized spacial score (nSPS) is 12.0. The van der Waals surface area contributed by atoms with Gasteiger partial charge in [0.2, 0.25) is 0 Å². The molecule has 0 N–H and O–H groups in total. The summed E-state index contributed by atoms with van der Waals surface area (Å²) in [4.78, 5) is 0. The molecule has 0 aromatic carbocycles. The molecule has 0 aromatic heterocycles. The van der Waals surface area contributed by atoms with Gasteiger partial charge in [-0.3, -0.25) is 0 Å². The fourth-order valence-corrected chi connectivity index (χ4v) is 0. The Labute approximate surface area is 32.8 Å². The quantitative estimate of drug-likeness (QED) is 0.402. The lowest BCUT2D eigenvalue weighted by molar-refractivity contribution is 0.883. The Kier molecular flexibility index (Phi) is 1.30. The molecule has 0 nitrogen and oxygen atoms in total. The van der Waals surface area contributed by atoms with E-state index in [1.54, 1.807) is 20.0 Å². The van der Waals surface area contributed by atoms with Crippen LogP contribution in [0.15, 0.2) is 0 Å². The molecule has 0 saturated carbocycles. The van der Waals surface area contributed by atoms with Crippen LogP contribution >= 0.6 is 7.57 Å². The number of halogens is 1. The predicted octanol–water partition coefficient (Wildman–Crippen LogP) is 1.78. The average molecular weight is 95.1 g/mol. The summed E-state index contributed by atoms with van der Waals surface area (Å²) in [5.41, 5.74) is 0. The van der Waals surface area contributed by atoms with Crippen LogP contribution < -0.4 is 0 Å². The first-order chi connectivity index (χ1) is 2.00. The fourth-order valence-electron chi connectivity index (χ4n) is 0. The second-order valence-electron chi connectivity index (χ2n) is 1.85. The van der Waals surface area contributed by atoms with Crippen LogP contribution in [0, 0.1) is 0 Å². The summed E-state index contributed by atoms with van der Waals surface area (Å²) in [6.45, 7) is 4.90. The summed E-state index contributed by atoms with van der Waals surface area (Å²) in [6, 6.07) is 0. The molecule has 0 aliphatic heterocycles. The molecule has 0 rings (SSSR count). The van der Waals surface area contributed by atoms with Crippen molar-refractivity contribution in [1.29, 1.82) is 0 Å². The van der Waals surface area contributed by atoms with Crippen molar-refractivity contribution in [2.45, 2.75) is 0 Å². The minimum absolute atomic E-state index is 1.63. The molecule has 0 aliphatic carbocycles. The lowest BCUT2D eigenvalue weighted by Gasteiger charge is -1.88. The largest absolute Gasteiger partial charge is 0.193 e. The maximum atomic E-state index is 11.8. The standard InChI is InChI=1S/C3H9FP/c1-5(2,3)4/h1-3H3/q+1. The Morgan fingerprint density at radius 3 is 1.20 bits per heavy atom. The summed E-state index contributed by atoms with van der Waals surface area (Å²) in [5.74, 6) is 0. The number of rotatable bonds is 0. The molecule has 0 atom stereocenters. The molecule has 0 fully saturated rings. The Hall–Kier alpha value is 0.360. The third-order valence-electron chi connectivity index (χ3n) is 0. The van der Waals surface area contributed by atoms with Gasteiger partial charge in [0, 0.05) is 0 Å². The number of hydrogen-bond donors (Lipinski definition) is 0. The summed E-state index contributed by atoms with van der Waals surface area (Å²) in [5, 5.41) is 0. The van der Waals surface area contributed by atoms with Crippen LogP contribution in [0.1, 0.15) is 0 Å². The van der Waals surface area contributed by atoms with E-state index >= 15 is 0 Å². The second kappa shape index (κ2) is 1.22. The topological polar surface area (TPSA) is 0 Å². The molecule has 0 spiro atoms. The number of hydrogen-bond acceptors (Lipinski definition) is 0. The van der Waals surface area contributed by atoms with Crippen molar-refractivity contribution >= 4 is 7.57 Å². The molecule has 0 unspecified atom stereocenters. The van der Waals surface area contributed by atoms with Crippen molar-refractivity contribution in [3.63, 3.8) is 0 Å². The van der Waals surface area contributed by atoms with Crippen molar-refractivity contribution in [3.05, 3.63) is 0 Å². The zero-order chi connectivity index (χ0) is 4.50. The van der Waals surface area contributed by atoms with Crippen molar-refractivity contribution in [2.75, 3.05) is 20.0 Å². The highest BCUT2D eigenvalue weighted by molar-refractivity contribution is 7.68. The smallest absolute Gasteiger partial charge is 0.0664 e. The van der Waals surface area contributed by atoms with Crippen LogP contribution in [0.4, 0.5) is 4.20 Å². The van der Waals surface area contributed by atoms with Crippen molar-refractivity contribution in [3.8, 4) is 0 Å². The molecule has 0 aliphatic rings. The molecule has 5 heavy (non-hydrogen) atoms. The van der Waals surface area contributed by atoms with Gasteiger partial charge in [-0.15, -0.1) is 0 Å². The first-order valence-electron chi connectivity index (χ1n) is 1.51. The van der Waals surface area contributed by atoms with Gasteiger partial charge in [-0.2, -0.15) is 0 Å². The van der Waals surface area contributed by atoms with Gasteiger partial charge in [-0.25, -0.2) is 0 Å². The maximum absolute atomic E-state index is 11.8. The molecule has 0 bridgehead atoms. The summed E-state index contributed by atoms with van der Waals surface area (Å²) < 4.78 is 11.8. The molecular formula is C3H9FP+. The summed E-state index contributed by atoms with van der Waals surface area (Å²) in [7, 11) is -1.89. The van der Waals surface area contributed by atoms with Gasteiger partial charge >= 0.3 is 0 Å². The van der Waals surface area contributed by atoms with Crippen LogP contribution in [-0.4, -0.2) is 20.0 Å². The monoisotopic (exact) mass is 95.0 g/mol. The lowest BCUT2D eigenvalue weighted by atomic mass is 11.9. The van der Waals surface area contributed by atoms with Crippen LogP contribution in [0.2, 0.25) is 0 Å². The maximum Gasteiger partial charge on any atom is 0.193 e. The first-order valence-corrected chi connectivity index (χ1v) is 4.53. The molecule has 0 heterocycles. The molecule has 32 valence electrons. The van der Waals surface area contributed by atoms with Gasteiger partial charge in [0.05, 0.1) is 20.0 Å². The van der Waals surface area contributed by atoms with E-state index in [-0.39, 0.29) is 0 Å². The van der Waals surface area contributed by atoms with E-state index < -0.39 is 7.57 Å². The highest BCUT2D eigenvalue weighted by Gasteiger charge is 2.12. The average Bonchev–Trinajstić information content (AvgIpc) is 0.722. The minimum Gasteiger partial charge on any atom is -0.0664 e. The van der Waals surface area contributed by atoms with Gasteiger partial charge in [-0.05, 0) is 0 Å². The van der Waals surface area contributed by atoms with Crippen LogP contribution in [0.25, 0.3) is 0 Å². The van der Waals surface area contributed by atoms with E-state index in [1.165, 1.54) is 0 Å². The van der Waals surface area contributed by atoms with Gasteiger partial charge in [0.25, 0.3) is 0 Å². The van der Waals surface area contributed by atoms with Crippen molar-refractivity contribution in [2.24, 2.45) is 0 Å². The second-order valence-corrected chi connectivity index (χ2v) is 5.55. The summed E-state index contributed by atoms with van der Waals surface area (Å²) in [6.07, 6.45) is 0. The third kappa shape index (κ3) is 187. The van der Waals surface area contributed by atoms with Crippen LogP contribution in [0.3, 0.4) is 0 Å². The Balaban J connectivity index is 3.02. The van der Waals surface area contributed by atoms with Gasteiger partial charge in [0.1, 0.15) is 0 Å². The van der Waals surface area contributed by atoms with E-state index in [0.717, 1.165) is 0 Å². The fraction of sp³-hybridized carbons (Fsp3) is 1.00. The van der Waals surface area contributed by atoms with E-state index in [9.17, 15) is 4.20 Å². The first kappa shape index (κ1) is 5.36. The highest BCUT2D eigenvalue weighted by atomic mass is 31.2. The van der Waals surface area contributed by atoms with E-state index in [2.05, 4.69) is 0 Å².